The number of aromatic nitrogens is 4. The molecule has 1 saturated heterocycles. The molecule has 0 aliphatic carbocycles. The molecule has 11 heteroatoms. The Bertz CT molecular complexity index is 1470. The normalized spacial score (nSPS) is 14.2. The van der Waals surface area contributed by atoms with Gasteiger partial charge in [-0.05, 0) is 49.5 Å². The first-order valence-corrected chi connectivity index (χ1v) is 12.6. The highest BCUT2D eigenvalue weighted by molar-refractivity contribution is 7.70. The first-order valence-electron chi connectivity index (χ1n) is 11.5. The van der Waals surface area contributed by atoms with Crippen molar-refractivity contribution in [2.45, 2.75) is 0 Å². The molecule has 2 N–H and O–H groups in total. The maximum absolute atomic E-state index is 11.0. The van der Waals surface area contributed by atoms with Crippen molar-refractivity contribution in [3.63, 3.8) is 0 Å². The van der Waals surface area contributed by atoms with Crippen molar-refractivity contribution < 1.29 is 8.42 Å². The molecule has 0 spiro atoms. The molecule has 10 nitrogen and oxygen atoms in total. The third-order valence-electron chi connectivity index (χ3n) is 6.07. The SMILES string of the molecule is C=C(N[SH](=O)=O)c1ccnc(-c2nccc3cnc(Nc4ccc(N5CCN(C)CC5)cc4)nc23)c1. The lowest BCUT2D eigenvalue weighted by Crippen LogP contribution is -2.44. The van der Waals surface area contributed by atoms with Crippen LogP contribution in [0.25, 0.3) is 28.0 Å². The lowest BCUT2D eigenvalue weighted by molar-refractivity contribution is 0.313. The highest BCUT2D eigenvalue weighted by Crippen LogP contribution is 2.27. The number of pyridine rings is 2. The molecule has 0 radical (unpaired) electrons. The lowest BCUT2D eigenvalue weighted by atomic mass is 10.1. The highest BCUT2D eigenvalue weighted by Gasteiger charge is 2.15. The predicted octanol–water partition coefficient (Wildman–Crippen LogP) is 2.67. The molecule has 1 aromatic carbocycles. The third-order valence-corrected chi connectivity index (χ3v) is 6.52. The van der Waals surface area contributed by atoms with E-state index in [1.807, 2.05) is 18.2 Å². The maximum atomic E-state index is 11.0. The van der Waals surface area contributed by atoms with E-state index in [2.05, 4.69) is 60.5 Å². The summed E-state index contributed by atoms with van der Waals surface area (Å²) in [6, 6.07) is 13.5. The summed E-state index contributed by atoms with van der Waals surface area (Å²) in [4.78, 5) is 22.8. The zero-order chi connectivity index (χ0) is 25.1. The number of benzene rings is 1. The van der Waals surface area contributed by atoms with E-state index in [9.17, 15) is 8.42 Å². The Morgan fingerprint density at radius 1 is 0.972 bits per heavy atom. The minimum Gasteiger partial charge on any atom is -0.369 e. The molecule has 4 heterocycles. The topological polar surface area (TPSA) is 116 Å². The van der Waals surface area contributed by atoms with Crippen molar-refractivity contribution in [3.8, 4) is 11.4 Å². The van der Waals surface area contributed by atoms with Crippen molar-refractivity contribution in [1.82, 2.24) is 29.6 Å². The van der Waals surface area contributed by atoms with Crippen LogP contribution in [-0.4, -0.2) is 66.5 Å². The molecule has 1 fully saturated rings. The number of nitrogens with one attached hydrogen (secondary N) is 2. The Morgan fingerprint density at radius 2 is 1.72 bits per heavy atom. The van der Waals surface area contributed by atoms with E-state index in [0.29, 0.717) is 28.4 Å². The number of hydrogen-bond acceptors (Lipinski definition) is 9. The second-order valence-electron chi connectivity index (χ2n) is 8.53. The minimum absolute atomic E-state index is 0.256. The summed E-state index contributed by atoms with van der Waals surface area (Å²) < 4.78 is 24.3. The van der Waals surface area contributed by atoms with Crippen molar-refractivity contribution in [1.29, 1.82) is 0 Å². The molecule has 0 atom stereocenters. The van der Waals surface area contributed by atoms with Crippen LogP contribution < -0.4 is 14.9 Å². The minimum atomic E-state index is -2.81. The van der Waals surface area contributed by atoms with E-state index in [1.165, 1.54) is 5.69 Å². The number of rotatable bonds is 7. The lowest BCUT2D eigenvalue weighted by Gasteiger charge is -2.34. The van der Waals surface area contributed by atoms with Crippen LogP contribution in [0.2, 0.25) is 0 Å². The quantitative estimate of drug-likeness (QED) is 0.328. The maximum Gasteiger partial charge on any atom is 0.227 e. The fraction of sp³-hybridized carbons (Fsp3) is 0.200. The third kappa shape index (κ3) is 5.26. The largest absolute Gasteiger partial charge is 0.369 e. The summed E-state index contributed by atoms with van der Waals surface area (Å²) in [6.45, 7) is 7.92. The number of nitrogens with zero attached hydrogens (tertiary/aromatic N) is 6. The van der Waals surface area contributed by atoms with Crippen LogP contribution in [0.15, 0.2) is 67.6 Å². The van der Waals surface area contributed by atoms with Crippen LogP contribution in [0.3, 0.4) is 0 Å². The van der Waals surface area contributed by atoms with Gasteiger partial charge in [0.05, 0.1) is 5.69 Å². The number of piperazine rings is 1. The molecule has 36 heavy (non-hydrogen) atoms. The van der Waals surface area contributed by atoms with Crippen molar-refractivity contribution in [2.24, 2.45) is 0 Å². The summed E-state index contributed by atoms with van der Waals surface area (Å²) in [7, 11) is -0.665. The van der Waals surface area contributed by atoms with Gasteiger partial charge in [0.2, 0.25) is 16.8 Å². The standard InChI is InChI=1S/C25H26N8O2S/c1-17(31-36(34)35)18-7-9-26-22(15-18)24-23-19(8-10-27-24)16-28-25(30-23)29-20-3-5-21(6-4-20)33-13-11-32(2)12-14-33/h3-10,15-16,36H,1,11-14H2,2H3,(H,28,29,30)(H,31,34,35). The molecule has 4 aromatic rings. The van der Waals surface area contributed by atoms with Crippen molar-refractivity contribution >= 4 is 44.8 Å². The monoisotopic (exact) mass is 502 g/mol. The molecule has 0 saturated carbocycles. The molecular weight excluding hydrogens is 476 g/mol. The molecule has 1 aliphatic heterocycles. The van der Waals surface area contributed by atoms with Gasteiger partial charge >= 0.3 is 0 Å². The number of thiol groups is 1. The van der Waals surface area contributed by atoms with Gasteiger partial charge in [0, 0.05) is 72.8 Å². The summed E-state index contributed by atoms with van der Waals surface area (Å²) in [5.74, 6) is 0.440. The van der Waals surface area contributed by atoms with Crippen molar-refractivity contribution in [3.05, 3.63) is 73.2 Å². The Labute approximate surface area is 210 Å². The van der Waals surface area contributed by atoms with E-state index < -0.39 is 10.9 Å². The smallest absolute Gasteiger partial charge is 0.227 e. The van der Waals surface area contributed by atoms with Crippen LogP contribution in [0.5, 0.6) is 0 Å². The Hall–Kier alpha value is -4.09. The first kappa shape index (κ1) is 23.6. The van der Waals surface area contributed by atoms with E-state index in [4.69, 9.17) is 4.98 Å². The highest BCUT2D eigenvalue weighted by atomic mass is 32.2. The molecule has 0 bridgehead atoms. The van der Waals surface area contributed by atoms with E-state index in [0.717, 1.165) is 37.3 Å². The number of likely N-dealkylation sites (N-methyl/N-ethyl adjacent to an activating group) is 1. The predicted molar refractivity (Wildman–Crippen MR) is 142 cm³/mol. The van der Waals surface area contributed by atoms with Crippen LogP contribution in [0.1, 0.15) is 5.56 Å². The summed E-state index contributed by atoms with van der Waals surface area (Å²) >= 11 is 0. The van der Waals surface area contributed by atoms with E-state index in [-0.39, 0.29) is 5.70 Å². The van der Waals surface area contributed by atoms with E-state index in [1.54, 1.807) is 30.7 Å². The fourth-order valence-corrected chi connectivity index (χ4v) is 4.43. The Morgan fingerprint density at radius 3 is 2.47 bits per heavy atom. The molecule has 3 aromatic heterocycles. The molecule has 184 valence electrons. The number of anilines is 3. The van der Waals surface area contributed by atoms with Crippen LogP contribution in [0, 0.1) is 0 Å². The second-order valence-corrected chi connectivity index (χ2v) is 9.27. The summed E-state index contributed by atoms with van der Waals surface area (Å²) in [5, 5.41) is 4.08. The van der Waals surface area contributed by atoms with Gasteiger partial charge in [0.1, 0.15) is 11.2 Å². The molecule has 0 unspecified atom stereocenters. The van der Waals surface area contributed by atoms with Gasteiger partial charge in [-0.25, -0.2) is 18.4 Å². The van der Waals surface area contributed by atoms with Gasteiger partial charge in [0.15, 0.2) is 0 Å². The summed E-state index contributed by atoms with van der Waals surface area (Å²) in [6.07, 6.45) is 4.99. The second kappa shape index (κ2) is 10.3. The Balaban J connectivity index is 1.40. The molecular formula is C25H26N8O2S. The van der Waals surface area contributed by atoms with Crippen LogP contribution in [0.4, 0.5) is 17.3 Å². The van der Waals surface area contributed by atoms with Crippen LogP contribution in [-0.2, 0) is 10.9 Å². The average Bonchev–Trinajstić information content (AvgIpc) is 2.89. The van der Waals surface area contributed by atoms with Gasteiger partial charge in [-0.2, -0.15) is 0 Å². The first-order chi connectivity index (χ1) is 17.5. The van der Waals surface area contributed by atoms with Gasteiger partial charge < -0.3 is 15.1 Å². The zero-order valence-electron chi connectivity index (χ0n) is 19.8. The molecule has 5 rings (SSSR count). The Kier molecular flexibility index (Phi) is 6.74. The van der Waals surface area contributed by atoms with Gasteiger partial charge in [-0.3, -0.25) is 14.7 Å². The zero-order valence-corrected chi connectivity index (χ0v) is 20.7. The summed E-state index contributed by atoms with van der Waals surface area (Å²) in [5.41, 5.74) is 4.66. The fourth-order valence-electron chi connectivity index (χ4n) is 4.08. The van der Waals surface area contributed by atoms with Gasteiger partial charge in [-0.15, -0.1) is 0 Å². The van der Waals surface area contributed by atoms with E-state index >= 15 is 0 Å². The molecule has 1 aliphatic rings. The number of hydrogen-bond donors (Lipinski definition) is 3. The molecule has 0 amide bonds. The average molecular weight is 503 g/mol. The van der Waals surface area contributed by atoms with Gasteiger partial charge in [0.25, 0.3) is 0 Å². The van der Waals surface area contributed by atoms with Gasteiger partial charge in [-0.1, -0.05) is 6.58 Å². The van der Waals surface area contributed by atoms with Crippen molar-refractivity contribution in [2.75, 3.05) is 43.4 Å². The number of fused-ring (bicyclic) bond motifs is 1. The van der Waals surface area contributed by atoms with Crippen LogP contribution >= 0.6 is 0 Å².